The van der Waals surface area contributed by atoms with Crippen LogP contribution in [0.5, 0.6) is 0 Å². The topological polar surface area (TPSA) is 65.8 Å². The van der Waals surface area contributed by atoms with E-state index in [4.69, 9.17) is 5.26 Å². The summed E-state index contributed by atoms with van der Waals surface area (Å²) in [6.45, 7) is 0. The SMILES string of the molecule is N#CC=CNC(=O)c1cccnc1. The van der Waals surface area contributed by atoms with Crippen LogP contribution < -0.4 is 5.32 Å². The summed E-state index contributed by atoms with van der Waals surface area (Å²) in [5, 5.41) is 10.6. The van der Waals surface area contributed by atoms with Crippen LogP contribution >= 0.6 is 0 Å². The molecule has 0 saturated carbocycles. The number of amides is 1. The van der Waals surface area contributed by atoms with Crippen molar-refractivity contribution in [2.24, 2.45) is 0 Å². The highest BCUT2D eigenvalue weighted by Gasteiger charge is 2.00. The van der Waals surface area contributed by atoms with Gasteiger partial charge in [-0.3, -0.25) is 9.78 Å². The molecule has 0 atom stereocenters. The molecule has 0 aromatic carbocycles. The molecule has 0 aliphatic heterocycles. The Hall–Kier alpha value is -2.15. The molecular weight excluding hydrogens is 166 g/mol. The first-order valence-electron chi connectivity index (χ1n) is 3.60. The van der Waals surface area contributed by atoms with Gasteiger partial charge < -0.3 is 5.32 Å². The van der Waals surface area contributed by atoms with Crippen LogP contribution in [0, 0.1) is 11.3 Å². The lowest BCUT2D eigenvalue weighted by Gasteiger charge is -1.96. The summed E-state index contributed by atoms with van der Waals surface area (Å²) in [5.41, 5.74) is 0.463. The van der Waals surface area contributed by atoms with Crippen molar-refractivity contribution in [3.63, 3.8) is 0 Å². The number of carbonyl (C=O) groups excluding carboxylic acids is 1. The van der Waals surface area contributed by atoms with Gasteiger partial charge in [0, 0.05) is 24.7 Å². The molecule has 0 radical (unpaired) electrons. The Labute approximate surface area is 75.5 Å². The molecule has 0 unspecified atom stereocenters. The van der Waals surface area contributed by atoms with Crippen LogP contribution in [-0.2, 0) is 0 Å². The molecule has 4 heteroatoms. The second-order valence-corrected chi connectivity index (χ2v) is 2.18. The summed E-state index contributed by atoms with van der Waals surface area (Å²) in [7, 11) is 0. The van der Waals surface area contributed by atoms with Crippen molar-refractivity contribution in [2.45, 2.75) is 0 Å². The molecule has 4 nitrogen and oxygen atoms in total. The van der Waals surface area contributed by atoms with Gasteiger partial charge in [-0.2, -0.15) is 5.26 Å². The van der Waals surface area contributed by atoms with Crippen molar-refractivity contribution in [1.29, 1.82) is 5.26 Å². The zero-order chi connectivity index (χ0) is 9.52. The third-order valence-electron chi connectivity index (χ3n) is 1.30. The monoisotopic (exact) mass is 173 g/mol. The number of pyridine rings is 1. The largest absolute Gasteiger partial charge is 0.328 e. The van der Waals surface area contributed by atoms with Crippen LogP contribution in [0.1, 0.15) is 10.4 Å². The fraction of sp³-hybridized carbons (Fsp3) is 0. The maximum Gasteiger partial charge on any atom is 0.256 e. The Bertz CT molecular complexity index is 351. The van der Waals surface area contributed by atoms with E-state index < -0.39 is 0 Å². The van der Waals surface area contributed by atoms with Crippen molar-refractivity contribution >= 4 is 5.91 Å². The lowest BCUT2D eigenvalue weighted by Crippen LogP contribution is -2.16. The van der Waals surface area contributed by atoms with Crippen LogP contribution in [0.15, 0.2) is 36.8 Å². The number of rotatable bonds is 2. The van der Waals surface area contributed by atoms with Crippen LogP contribution in [0.25, 0.3) is 0 Å². The Morgan fingerprint density at radius 3 is 3.15 bits per heavy atom. The van der Waals surface area contributed by atoms with Gasteiger partial charge in [-0.15, -0.1) is 0 Å². The number of carbonyl (C=O) groups is 1. The number of nitriles is 1. The Morgan fingerprint density at radius 1 is 1.69 bits per heavy atom. The van der Waals surface area contributed by atoms with E-state index in [1.165, 1.54) is 18.5 Å². The smallest absolute Gasteiger partial charge is 0.256 e. The Kier molecular flexibility index (Phi) is 3.21. The van der Waals surface area contributed by atoms with E-state index in [9.17, 15) is 4.79 Å². The second kappa shape index (κ2) is 4.67. The highest BCUT2D eigenvalue weighted by Crippen LogP contribution is 1.94. The molecule has 1 aromatic heterocycles. The number of allylic oxidation sites excluding steroid dienone is 1. The van der Waals surface area contributed by atoms with Crippen LogP contribution in [0.3, 0.4) is 0 Å². The summed E-state index contributed by atoms with van der Waals surface area (Å²) >= 11 is 0. The summed E-state index contributed by atoms with van der Waals surface area (Å²) in [6, 6.07) is 5.07. The summed E-state index contributed by atoms with van der Waals surface area (Å²) in [6.07, 6.45) is 5.51. The highest BCUT2D eigenvalue weighted by atomic mass is 16.1. The molecule has 13 heavy (non-hydrogen) atoms. The molecule has 0 bridgehead atoms. The molecule has 64 valence electrons. The molecule has 1 N–H and O–H groups in total. The van der Waals surface area contributed by atoms with Crippen LogP contribution in [0.2, 0.25) is 0 Å². The van der Waals surface area contributed by atoms with Gasteiger partial charge in [-0.25, -0.2) is 0 Å². The normalized spacial score (nSPS) is 9.46. The van der Waals surface area contributed by atoms with E-state index in [0.29, 0.717) is 5.56 Å². The average Bonchev–Trinajstić information content (AvgIpc) is 2.19. The van der Waals surface area contributed by atoms with Crippen LogP contribution in [-0.4, -0.2) is 10.9 Å². The first-order valence-corrected chi connectivity index (χ1v) is 3.60. The molecule has 0 aliphatic rings. The van der Waals surface area contributed by atoms with Crippen molar-refractivity contribution in [3.05, 3.63) is 42.4 Å². The Morgan fingerprint density at radius 2 is 2.54 bits per heavy atom. The number of nitrogens with zero attached hydrogens (tertiary/aromatic N) is 2. The molecule has 0 saturated heterocycles. The minimum absolute atomic E-state index is 0.278. The fourth-order valence-corrected chi connectivity index (χ4v) is 0.735. The minimum Gasteiger partial charge on any atom is -0.328 e. The van der Waals surface area contributed by atoms with Gasteiger partial charge in [0.05, 0.1) is 11.6 Å². The molecule has 0 aliphatic carbocycles. The van der Waals surface area contributed by atoms with E-state index in [1.807, 2.05) is 0 Å². The summed E-state index contributed by atoms with van der Waals surface area (Å²) < 4.78 is 0. The third kappa shape index (κ3) is 2.75. The summed E-state index contributed by atoms with van der Waals surface area (Å²) in [5.74, 6) is -0.278. The number of hydrogen-bond acceptors (Lipinski definition) is 3. The predicted molar refractivity (Wildman–Crippen MR) is 46.5 cm³/mol. The van der Waals surface area contributed by atoms with E-state index in [2.05, 4.69) is 10.3 Å². The third-order valence-corrected chi connectivity index (χ3v) is 1.30. The van der Waals surface area contributed by atoms with Gasteiger partial charge >= 0.3 is 0 Å². The van der Waals surface area contributed by atoms with Gasteiger partial charge in [0.2, 0.25) is 0 Å². The molecule has 1 heterocycles. The molecule has 1 aromatic rings. The maximum absolute atomic E-state index is 11.2. The van der Waals surface area contributed by atoms with E-state index in [-0.39, 0.29) is 5.91 Å². The van der Waals surface area contributed by atoms with Crippen molar-refractivity contribution in [2.75, 3.05) is 0 Å². The standard InChI is InChI=1S/C9H7N3O/c10-4-2-6-12-9(13)8-3-1-5-11-7-8/h1-3,5-7H,(H,12,13). The van der Waals surface area contributed by atoms with Crippen LogP contribution in [0.4, 0.5) is 0 Å². The lowest BCUT2D eigenvalue weighted by atomic mass is 10.3. The number of nitrogens with one attached hydrogen (secondary N) is 1. The van der Waals surface area contributed by atoms with Gasteiger partial charge in [-0.05, 0) is 12.1 Å². The zero-order valence-corrected chi connectivity index (χ0v) is 6.77. The molecular formula is C9H7N3O. The fourth-order valence-electron chi connectivity index (χ4n) is 0.735. The molecule has 1 rings (SSSR count). The van der Waals surface area contributed by atoms with E-state index in [1.54, 1.807) is 24.4 Å². The zero-order valence-electron chi connectivity index (χ0n) is 6.77. The maximum atomic E-state index is 11.2. The van der Waals surface area contributed by atoms with Crippen molar-refractivity contribution < 1.29 is 4.79 Å². The van der Waals surface area contributed by atoms with Gasteiger partial charge in [0.1, 0.15) is 0 Å². The molecule has 0 spiro atoms. The second-order valence-electron chi connectivity index (χ2n) is 2.18. The quantitative estimate of drug-likeness (QED) is 0.674. The number of aromatic nitrogens is 1. The number of hydrogen-bond donors (Lipinski definition) is 1. The lowest BCUT2D eigenvalue weighted by molar-refractivity contribution is 0.0970. The predicted octanol–water partition coefficient (Wildman–Crippen LogP) is 0.849. The van der Waals surface area contributed by atoms with E-state index in [0.717, 1.165) is 0 Å². The Balaban J connectivity index is 2.61. The van der Waals surface area contributed by atoms with Gasteiger partial charge in [-0.1, -0.05) is 0 Å². The first-order chi connectivity index (χ1) is 6.34. The van der Waals surface area contributed by atoms with E-state index >= 15 is 0 Å². The average molecular weight is 173 g/mol. The summed E-state index contributed by atoms with van der Waals surface area (Å²) in [4.78, 5) is 15.0. The van der Waals surface area contributed by atoms with Crippen molar-refractivity contribution in [3.8, 4) is 6.07 Å². The highest BCUT2D eigenvalue weighted by molar-refractivity contribution is 5.94. The molecule has 1 amide bonds. The molecule has 0 fully saturated rings. The minimum atomic E-state index is -0.278. The van der Waals surface area contributed by atoms with Crippen molar-refractivity contribution in [1.82, 2.24) is 10.3 Å². The van der Waals surface area contributed by atoms with Gasteiger partial charge in [0.15, 0.2) is 0 Å². The first kappa shape index (κ1) is 8.94. The van der Waals surface area contributed by atoms with Gasteiger partial charge in [0.25, 0.3) is 5.91 Å².